The molecule has 0 aliphatic carbocycles. The SMILES string of the molecule is CCCC(N)C(=O)N1CCN(c2ncnc3ccsc23)CC1. The van der Waals surface area contributed by atoms with Crippen LogP contribution in [-0.2, 0) is 4.79 Å². The van der Waals surface area contributed by atoms with E-state index in [1.54, 1.807) is 17.7 Å². The lowest BCUT2D eigenvalue weighted by Gasteiger charge is -2.36. The van der Waals surface area contributed by atoms with Crippen molar-refractivity contribution in [1.29, 1.82) is 0 Å². The molecule has 1 saturated heterocycles. The second kappa shape index (κ2) is 6.58. The summed E-state index contributed by atoms with van der Waals surface area (Å²) in [7, 11) is 0. The molecule has 1 aliphatic rings. The van der Waals surface area contributed by atoms with E-state index in [1.807, 2.05) is 23.3 Å². The van der Waals surface area contributed by atoms with Crippen molar-refractivity contribution in [2.75, 3.05) is 31.1 Å². The lowest BCUT2D eigenvalue weighted by Crippen LogP contribution is -2.53. The van der Waals surface area contributed by atoms with Crippen LogP contribution in [0.4, 0.5) is 5.82 Å². The van der Waals surface area contributed by atoms with Crippen molar-refractivity contribution in [3.05, 3.63) is 17.8 Å². The minimum atomic E-state index is -0.361. The Labute approximate surface area is 133 Å². The fraction of sp³-hybridized carbons (Fsp3) is 0.533. The summed E-state index contributed by atoms with van der Waals surface area (Å²) >= 11 is 1.66. The molecule has 2 aromatic heterocycles. The van der Waals surface area contributed by atoms with Gasteiger partial charge in [-0.05, 0) is 17.9 Å². The zero-order valence-corrected chi connectivity index (χ0v) is 13.6. The highest BCUT2D eigenvalue weighted by atomic mass is 32.1. The standard InChI is InChI=1S/C15H21N5OS/c1-2-3-11(16)15(21)20-7-5-19(6-8-20)14-13-12(4-9-22-13)17-10-18-14/h4,9-11H,2-3,5-8,16H2,1H3. The van der Waals surface area contributed by atoms with E-state index < -0.39 is 0 Å². The monoisotopic (exact) mass is 319 g/mol. The van der Waals surface area contributed by atoms with Crippen LogP contribution in [0, 0.1) is 0 Å². The van der Waals surface area contributed by atoms with Crippen LogP contribution in [0.2, 0.25) is 0 Å². The van der Waals surface area contributed by atoms with Gasteiger partial charge in [-0.3, -0.25) is 4.79 Å². The first-order valence-electron chi connectivity index (χ1n) is 7.68. The van der Waals surface area contributed by atoms with Crippen LogP contribution in [0.15, 0.2) is 17.8 Å². The van der Waals surface area contributed by atoms with Crippen LogP contribution in [0.5, 0.6) is 0 Å². The summed E-state index contributed by atoms with van der Waals surface area (Å²) in [6, 6.07) is 1.65. The number of rotatable bonds is 4. The van der Waals surface area contributed by atoms with Crippen LogP contribution in [0.1, 0.15) is 19.8 Å². The number of thiophene rings is 1. The molecule has 1 atom stereocenters. The number of fused-ring (bicyclic) bond motifs is 1. The van der Waals surface area contributed by atoms with E-state index in [2.05, 4.69) is 14.9 Å². The van der Waals surface area contributed by atoms with E-state index in [1.165, 1.54) is 0 Å². The lowest BCUT2D eigenvalue weighted by molar-refractivity contribution is -0.133. The number of aromatic nitrogens is 2. The number of carbonyl (C=O) groups is 1. The molecule has 0 saturated carbocycles. The number of piperazine rings is 1. The first-order valence-corrected chi connectivity index (χ1v) is 8.56. The Balaban J connectivity index is 1.67. The molecule has 1 aliphatic heterocycles. The van der Waals surface area contributed by atoms with Gasteiger partial charge in [-0.1, -0.05) is 13.3 Å². The highest BCUT2D eigenvalue weighted by Crippen LogP contribution is 2.28. The number of nitrogens with two attached hydrogens (primary N) is 1. The summed E-state index contributed by atoms with van der Waals surface area (Å²) in [5, 5.41) is 2.03. The van der Waals surface area contributed by atoms with Crippen LogP contribution < -0.4 is 10.6 Å². The van der Waals surface area contributed by atoms with Crippen LogP contribution in [0.3, 0.4) is 0 Å². The fourth-order valence-electron chi connectivity index (χ4n) is 2.81. The Bertz CT molecular complexity index is 650. The topological polar surface area (TPSA) is 75.4 Å². The lowest BCUT2D eigenvalue weighted by atomic mass is 10.1. The molecule has 118 valence electrons. The van der Waals surface area contributed by atoms with Gasteiger partial charge >= 0.3 is 0 Å². The highest BCUT2D eigenvalue weighted by molar-refractivity contribution is 7.17. The molecule has 6 nitrogen and oxygen atoms in total. The Morgan fingerprint density at radius 3 is 2.86 bits per heavy atom. The molecule has 1 amide bonds. The van der Waals surface area contributed by atoms with Crippen molar-refractivity contribution < 1.29 is 4.79 Å². The number of amides is 1. The molecule has 1 unspecified atom stereocenters. The summed E-state index contributed by atoms with van der Waals surface area (Å²) in [6.45, 7) is 5.02. The number of hydrogen-bond donors (Lipinski definition) is 1. The fourth-order valence-corrected chi connectivity index (χ4v) is 3.67. The zero-order valence-electron chi connectivity index (χ0n) is 12.7. The van der Waals surface area contributed by atoms with Crippen molar-refractivity contribution in [2.24, 2.45) is 5.73 Å². The summed E-state index contributed by atoms with van der Waals surface area (Å²) in [5.41, 5.74) is 6.93. The van der Waals surface area contributed by atoms with Gasteiger partial charge in [-0.2, -0.15) is 0 Å². The van der Waals surface area contributed by atoms with E-state index in [0.717, 1.165) is 42.0 Å². The van der Waals surface area contributed by atoms with Gasteiger partial charge in [0.2, 0.25) is 5.91 Å². The van der Waals surface area contributed by atoms with Gasteiger partial charge in [0.15, 0.2) is 0 Å². The third kappa shape index (κ3) is 2.91. The first kappa shape index (κ1) is 15.2. The molecule has 3 heterocycles. The van der Waals surface area contributed by atoms with Crippen LogP contribution >= 0.6 is 11.3 Å². The number of anilines is 1. The Morgan fingerprint density at radius 1 is 1.36 bits per heavy atom. The molecule has 7 heteroatoms. The minimum Gasteiger partial charge on any atom is -0.352 e. The second-order valence-electron chi connectivity index (χ2n) is 5.54. The summed E-state index contributed by atoms with van der Waals surface area (Å²) in [6.07, 6.45) is 3.30. The van der Waals surface area contributed by atoms with Gasteiger partial charge in [0, 0.05) is 26.2 Å². The molecular formula is C15H21N5OS. The molecule has 22 heavy (non-hydrogen) atoms. The maximum Gasteiger partial charge on any atom is 0.239 e. The van der Waals surface area contributed by atoms with Crippen molar-refractivity contribution in [3.63, 3.8) is 0 Å². The van der Waals surface area contributed by atoms with E-state index in [4.69, 9.17) is 5.73 Å². The van der Waals surface area contributed by atoms with Gasteiger partial charge in [0.05, 0.1) is 16.3 Å². The number of hydrogen-bond acceptors (Lipinski definition) is 6. The van der Waals surface area contributed by atoms with Crippen LogP contribution in [-0.4, -0.2) is 53.0 Å². The molecule has 0 aromatic carbocycles. The van der Waals surface area contributed by atoms with Crippen molar-refractivity contribution in [3.8, 4) is 0 Å². The molecule has 0 spiro atoms. The second-order valence-corrected chi connectivity index (χ2v) is 6.46. The molecule has 0 bridgehead atoms. The quantitative estimate of drug-likeness (QED) is 0.923. The zero-order chi connectivity index (χ0) is 15.5. The molecule has 1 fully saturated rings. The van der Waals surface area contributed by atoms with E-state index >= 15 is 0 Å². The maximum atomic E-state index is 12.3. The predicted molar refractivity (Wildman–Crippen MR) is 89.1 cm³/mol. The normalized spacial score (nSPS) is 17.0. The Morgan fingerprint density at radius 2 is 2.14 bits per heavy atom. The van der Waals surface area contributed by atoms with Gasteiger partial charge in [0.25, 0.3) is 0 Å². The first-order chi connectivity index (χ1) is 10.7. The van der Waals surface area contributed by atoms with Crippen molar-refractivity contribution in [2.45, 2.75) is 25.8 Å². The van der Waals surface area contributed by atoms with Gasteiger partial charge < -0.3 is 15.5 Å². The van der Waals surface area contributed by atoms with Crippen molar-refractivity contribution in [1.82, 2.24) is 14.9 Å². The predicted octanol–water partition coefficient (Wildman–Crippen LogP) is 1.47. The molecular weight excluding hydrogens is 298 g/mol. The molecule has 3 rings (SSSR count). The van der Waals surface area contributed by atoms with E-state index in [0.29, 0.717) is 13.1 Å². The van der Waals surface area contributed by atoms with Gasteiger partial charge in [0.1, 0.15) is 12.1 Å². The maximum absolute atomic E-state index is 12.3. The van der Waals surface area contributed by atoms with Gasteiger partial charge in [-0.25, -0.2) is 9.97 Å². The summed E-state index contributed by atoms with van der Waals surface area (Å²) < 4.78 is 1.12. The number of carbonyl (C=O) groups excluding carboxylic acids is 1. The summed E-state index contributed by atoms with van der Waals surface area (Å²) in [4.78, 5) is 25.1. The highest BCUT2D eigenvalue weighted by Gasteiger charge is 2.26. The molecule has 2 aromatic rings. The van der Waals surface area contributed by atoms with E-state index in [9.17, 15) is 4.79 Å². The molecule has 0 radical (unpaired) electrons. The smallest absolute Gasteiger partial charge is 0.239 e. The Kier molecular flexibility index (Phi) is 4.54. The average Bonchev–Trinajstić information content (AvgIpc) is 3.03. The largest absolute Gasteiger partial charge is 0.352 e. The van der Waals surface area contributed by atoms with E-state index in [-0.39, 0.29) is 11.9 Å². The van der Waals surface area contributed by atoms with Crippen molar-refractivity contribution >= 4 is 33.3 Å². The third-order valence-corrected chi connectivity index (χ3v) is 4.93. The Hall–Kier alpha value is -1.73. The summed E-state index contributed by atoms with van der Waals surface area (Å²) in [5.74, 6) is 1.05. The van der Waals surface area contributed by atoms with Crippen LogP contribution in [0.25, 0.3) is 10.2 Å². The minimum absolute atomic E-state index is 0.0745. The average molecular weight is 319 g/mol. The molecule has 2 N–H and O–H groups in total. The van der Waals surface area contributed by atoms with Gasteiger partial charge in [-0.15, -0.1) is 11.3 Å². The third-order valence-electron chi connectivity index (χ3n) is 4.03. The number of nitrogens with zero attached hydrogens (tertiary/aromatic N) is 4.